The van der Waals surface area contributed by atoms with E-state index in [0.717, 1.165) is 17.5 Å². The van der Waals surface area contributed by atoms with E-state index in [0.29, 0.717) is 22.9 Å². The van der Waals surface area contributed by atoms with Crippen molar-refractivity contribution in [1.29, 1.82) is 0 Å². The maximum Gasteiger partial charge on any atom is 0.339 e. The molecule has 0 spiro atoms. The van der Waals surface area contributed by atoms with Gasteiger partial charge in [0.2, 0.25) is 0 Å². The molecule has 1 heterocycles. The van der Waals surface area contributed by atoms with Crippen LogP contribution in [0.4, 0.5) is 0 Å². The fourth-order valence-corrected chi connectivity index (χ4v) is 1.94. The van der Waals surface area contributed by atoms with Gasteiger partial charge in [-0.15, -0.1) is 0 Å². The van der Waals surface area contributed by atoms with Crippen molar-refractivity contribution in [2.75, 3.05) is 6.61 Å². The first kappa shape index (κ1) is 14.5. The third-order valence-corrected chi connectivity index (χ3v) is 3.17. The zero-order valence-corrected chi connectivity index (χ0v) is 12.3. The molecule has 20 heavy (non-hydrogen) atoms. The molecule has 1 aromatic heterocycles. The Morgan fingerprint density at radius 1 is 1.25 bits per heavy atom. The fourth-order valence-electron chi connectivity index (χ4n) is 1.81. The molecule has 2 aromatic rings. The zero-order chi connectivity index (χ0) is 14.5. The monoisotopic (exact) mass is 289 g/mol. The lowest BCUT2D eigenvalue weighted by Gasteiger charge is -2.08. The molecule has 4 heteroatoms. The van der Waals surface area contributed by atoms with Gasteiger partial charge in [-0.1, -0.05) is 30.7 Å². The van der Waals surface area contributed by atoms with E-state index < -0.39 is 0 Å². The molecule has 0 aliphatic carbocycles. The van der Waals surface area contributed by atoms with Gasteiger partial charge < -0.3 is 4.74 Å². The van der Waals surface area contributed by atoms with Crippen molar-refractivity contribution < 1.29 is 9.53 Å². The van der Waals surface area contributed by atoms with E-state index in [-0.39, 0.29) is 5.97 Å². The number of aromatic nitrogens is 1. The van der Waals surface area contributed by atoms with Gasteiger partial charge in [-0.2, -0.15) is 0 Å². The first-order valence-corrected chi connectivity index (χ1v) is 6.89. The van der Waals surface area contributed by atoms with Crippen molar-refractivity contribution in [1.82, 2.24) is 4.98 Å². The van der Waals surface area contributed by atoms with Crippen LogP contribution in [0.25, 0.3) is 11.1 Å². The number of pyridine rings is 1. The second kappa shape index (κ2) is 6.53. The third kappa shape index (κ3) is 3.36. The van der Waals surface area contributed by atoms with E-state index >= 15 is 0 Å². The molecule has 0 aliphatic rings. The molecule has 104 valence electrons. The Balaban J connectivity index is 2.33. The molecule has 0 amide bonds. The molecular formula is C16H16ClNO2. The number of hydrogen-bond donors (Lipinski definition) is 0. The van der Waals surface area contributed by atoms with Crippen LogP contribution in [0.15, 0.2) is 36.5 Å². The minimum Gasteiger partial charge on any atom is -0.462 e. The smallest absolute Gasteiger partial charge is 0.339 e. The van der Waals surface area contributed by atoms with Crippen molar-refractivity contribution in [2.45, 2.75) is 20.3 Å². The van der Waals surface area contributed by atoms with Crippen molar-refractivity contribution >= 4 is 17.6 Å². The second-order valence-electron chi connectivity index (χ2n) is 4.50. The number of halogens is 1. The van der Waals surface area contributed by atoms with Crippen molar-refractivity contribution in [3.8, 4) is 11.1 Å². The largest absolute Gasteiger partial charge is 0.462 e. The first-order valence-electron chi connectivity index (χ1n) is 6.51. The molecule has 1 aromatic carbocycles. The number of carbonyl (C=O) groups is 1. The van der Waals surface area contributed by atoms with Crippen LogP contribution in [0.5, 0.6) is 0 Å². The third-order valence-electron chi connectivity index (χ3n) is 2.92. The number of ether oxygens (including phenoxy) is 1. The summed E-state index contributed by atoms with van der Waals surface area (Å²) in [7, 11) is 0. The van der Waals surface area contributed by atoms with Crippen molar-refractivity contribution in [3.63, 3.8) is 0 Å². The molecule has 0 fully saturated rings. The highest BCUT2D eigenvalue weighted by Crippen LogP contribution is 2.23. The number of benzene rings is 1. The van der Waals surface area contributed by atoms with Gasteiger partial charge in [0.25, 0.3) is 0 Å². The SMILES string of the molecule is CCCOC(=O)c1cc(-c2ccc(Cl)cc2)cnc1C. The van der Waals surface area contributed by atoms with Gasteiger partial charge in [0.15, 0.2) is 0 Å². The Morgan fingerprint density at radius 2 is 1.95 bits per heavy atom. The van der Waals surface area contributed by atoms with Gasteiger partial charge in [0, 0.05) is 16.8 Å². The Bertz CT molecular complexity index is 608. The van der Waals surface area contributed by atoms with E-state index in [1.54, 1.807) is 13.1 Å². The second-order valence-corrected chi connectivity index (χ2v) is 4.94. The standard InChI is InChI=1S/C16H16ClNO2/c1-3-8-20-16(19)15-9-13(10-18-11(15)2)12-4-6-14(17)7-5-12/h4-7,9-10H,3,8H2,1-2H3. The number of hydrogen-bond acceptors (Lipinski definition) is 3. The number of carbonyl (C=O) groups excluding carboxylic acids is 1. The summed E-state index contributed by atoms with van der Waals surface area (Å²) >= 11 is 5.87. The van der Waals surface area contributed by atoms with E-state index in [1.807, 2.05) is 37.3 Å². The average Bonchev–Trinajstić information content (AvgIpc) is 2.46. The summed E-state index contributed by atoms with van der Waals surface area (Å²) < 4.78 is 5.17. The molecule has 0 radical (unpaired) electrons. The van der Waals surface area contributed by atoms with Gasteiger partial charge in [-0.05, 0) is 37.1 Å². The topological polar surface area (TPSA) is 39.2 Å². The van der Waals surface area contributed by atoms with Crippen molar-refractivity contribution in [3.05, 3.63) is 52.8 Å². The lowest BCUT2D eigenvalue weighted by atomic mass is 10.0. The van der Waals surface area contributed by atoms with E-state index in [2.05, 4.69) is 4.98 Å². The first-order chi connectivity index (χ1) is 9.61. The van der Waals surface area contributed by atoms with E-state index in [1.165, 1.54) is 0 Å². The number of nitrogens with zero attached hydrogens (tertiary/aromatic N) is 1. The highest BCUT2D eigenvalue weighted by Gasteiger charge is 2.13. The summed E-state index contributed by atoms with van der Waals surface area (Å²) in [6.45, 7) is 4.18. The van der Waals surface area contributed by atoms with E-state index in [4.69, 9.17) is 16.3 Å². The Hall–Kier alpha value is -1.87. The lowest BCUT2D eigenvalue weighted by molar-refractivity contribution is 0.0503. The molecule has 0 atom stereocenters. The summed E-state index contributed by atoms with van der Waals surface area (Å²) in [5.74, 6) is -0.326. The van der Waals surface area contributed by atoms with Crippen LogP contribution in [0, 0.1) is 6.92 Å². The van der Waals surface area contributed by atoms with Crippen LogP contribution in [0.2, 0.25) is 5.02 Å². The average molecular weight is 290 g/mol. The summed E-state index contributed by atoms with van der Waals surface area (Å²) in [6, 6.07) is 9.23. The Labute approximate surface area is 123 Å². The van der Waals surface area contributed by atoms with Gasteiger partial charge in [0.1, 0.15) is 0 Å². The number of esters is 1. The molecule has 2 rings (SSSR count). The molecule has 0 unspecified atom stereocenters. The lowest BCUT2D eigenvalue weighted by Crippen LogP contribution is -2.09. The molecule has 0 saturated heterocycles. The number of rotatable bonds is 4. The summed E-state index contributed by atoms with van der Waals surface area (Å²) in [6.07, 6.45) is 2.55. The van der Waals surface area contributed by atoms with Crippen LogP contribution < -0.4 is 0 Å². The highest BCUT2D eigenvalue weighted by atomic mass is 35.5. The Morgan fingerprint density at radius 3 is 2.60 bits per heavy atom. The fraction of sp³-hybridized carbons (Fsp3) is 0.250. The van der Waals surface area contributed by atoms with Crippen LogP contribution in [0.1, 0.15) is 29.4 Å². The van der Waals surface area contributed by atoms with Gasteiger partial charge in [-0.25, -0.2) is 4.79 Å². The molecule has 0 aliphatic heterocycles. The highest BCUT2D eigenvalue weighted by molar-refractivity contribution is 6.30. The summed E-state index contributed by atoms with van der Waals surface area (Å²) in [5.41, 5.74) is 3.01. The quantitative estimate of drug-likeness (QED) is 0.789. The molecule has 0 bridgehead atoms. The minimum atomic E-state index is -0.326. The molecular weight excluding hydrogens is 274 g/mol. The zero-order valence-electron chi connectivity index (χ0n) is 11.5. The van der Waals surface area contributed by atoms with Gasteiger partial charge in [0.05, 0.1) is 17.9 Å². The van der Waals surface area contributed by atoms with Crippen LogP contribution >= 0.6 is 11.6 Å². The normalized spacial score (nSPS) is 10.3. The van der Waals surface area contributed by atoms with Crippen LogP contribution in [-0.2, 0) is 4.74 Å². The molecule has 0 saturated carbocycles. The molecule has 0 N–H and O–H groups in total. The summed E-state index contributed by atoms with van der Waals surface area (Å²) in [5, 5.41) is 0.677. The Kier molecular flexibility index (Phi) is 4.74. The van der Waals surface area contributed by atoms with Gasteiger partial charge in [-0.3, -0.25) is 4.98 Å². The predicted molar refractivity (Wildman–Crippen MR) is 80.0 cm³/mol. The summed E-state index contributed by atoms with van der Waals surface area (Å²) in [4.78, 5) is 16.3. The predicted octanol–water partition coefficient (Wildman–Crippen LogP) is 4.28. The van der Waals surface area contributed by atoms with E-state index in [9.17, 15) is 4.79 Å². The minimum absolute atomic E-state index is 0.326. The van der Waals surface area contributed by atoms with Crippen molar-refractivity contribution in [2.24, 2.45) is 0 Å². The number of aryl methyl sites for hydroxylation is 1. The maximum absolute atomic E-state index is 12.0. The maximum atomic E-state index is 12.0. The molecule has 3 nitrogen and oxygen atoms in total. The van der Waals surface area contributed by atoms with Gasteiger partial charge >= 0.3 is 5.97 Å². The van der Waals surface area contributed by atoms with Crippen LogP contribution in [-0.4, -0.2) is 17.6 Å². The van der Waals surface area contributed by atoms with Crippen LogP contribution in [0.3, 0.4) is 0 Å².